The summed E-state index contributed by atoms with van der Waals surface area (Å²) in [5.74, 6) is -1.15. The largest absolute Gasteiger partial charge is 0.478 e. The summed E-state index contributed by atoms with van der Waals surface area (Å²) in [6.07, 6.45) is 1.77. The Hall–Kier alpha value is -2.09. The number of benzene rings is 2. The first-order chi connectivity index (χ1) is 11.5. The highest BCUT2D eigenvalue weighted by molar-refractivity contribution is 8.26. The Bertz CT molecular complexity index is 877. The normalized spacial score (nSPS) is 15.6. The zero-order valence-electron chi connectivity index (χ0n) is 12.2. The number of thioether (sulfide) groups is 1. The van der Waals surface area contributed by atoms with E-state index in [2.05, 4.69) is 5.32 Å². The van der Waals surface area contributed by atoms with Gasteiger partial charge in [-0.2, -0.15) is 0 Å². The predicted molar refractivity (Wildman–Crippen MR) is 100 cm³/mol. The van der Waals surface area contributed by atoms with Crippen LogP contribution in [0, 0.1) is 0 Å². The molecule has 2 N–H and O–H groups in total. The molecule has 24 heavy (non-hydrogen) atoms. The molecule has 1 heterocycles. The summed E-state index contributed by atoms with van der Waals surface area (Å²) in [6, 6.07) is 14.4. The maximum Gasteiger partial charge on any atom is 0.336 e. The van der Waals surface area contributed by atoms with E-state index in [1.165, 1.54) is 23.5 Å². The van der Waals surface area contributed by atoms with Crippen LogP contribution in [0.15, 0.2) is 63.2 Å². The number of amides is 1. The second-order valence-electron chi connectivity index (χ2n) is 4.83. The van der Waals surface area contributed by atoms with Crippen molar-refractivity contribution >= 4 is 58.0 Å². The molecule has 0 saturated carbocycles. The van der Waals surface area contributed by atoms with Gasteiger partial charge in [-0.15, -0.1) is 0 Å². The van der Waals surface area contributed by atoms with Gasteiger partial charge in [0.25, 0.3) is 5.91 Å². The molecule has 3 rings (SSSR count). The van der Waals surface area contributed by atoms with Crippen LogP contribution in [-0.2, 0) is 4.79 Å². The Labute approximate surface area is 152 Å². The first-order valence-electron chi connectivity index (χ1n) is 6.88. The third-order valence-corrected chi connectivity index (χ3v) is 5.37. The van der Waals surface area contributed by atoms with E-state index in [1.807, 2.05) is 24.3 Å². The van der Waals surface area contributed by atoms with Crippen LogP contribution in [0.4, 0.5) is 0 Å². The molecule has 4 nitrogen and oxygen atoms in total. The predicted octanol–water partition coefficient (Wildman–Crippen LogP) is 4.02. The number of aromatic carboxylic acids is 1. The van der Waals surface area contributed by atoms with Gasteiger partial charge in [-0.05, 0) is 35.9 Å². The molecule has 0 spiro atoms. The van der Waals surface area contributed by atoms with Crippen molar-refractivity contribution in [2.45, 2.75) is 9.79 Å². The van der Waals surface area contributed by atoms with Gasteiger partial charge in [-0.25, -0.2) is 4.79 Å². The lowest BCUT2D eigenvalue weighted by atomic mass is 10.2. The first kappa shape index (κ1) is 16.8. The van der Waals surface area contributed by atoms with E-state index in [9.17, 15) is 14.7 Å². The third-order valence-electron chi connectivity index (χ3n) is 3.14. The second-order valence-corrected chi connectivity index (χ2v) is 7.66. The molecule has 0 unspecified atom stereocenters. The van der Waals surface area contributed by atoms with E-state index in [0.717, 1.165) is 10.5 Å². The Morgan fingerprint density at radius 1 is 1.21 bits per heavy atom. The van der Waals surface area contributed by atoms with Crippen LogP contribution in [0.5, 0.6) is 0 Å². The van der Waals surface area contributed by atoms with E-state index >= 15 is 0 Å². The molecule has 0 aliphatic carbocycles. The van der Waals surface area contributed by atoms with Gasteiger partial charge in [0, 0.05) is 9.79 Å². The second kappa shape index (κ2) is 7.21. The van der Waals surface area contributed by atoms with Crippen molar-refractivity contribution in [3.63, 3.8) is 0 Å². The van der Waals surface area contributed by atoms with Crippen molar-refractivity contribution in [2.24, 2.45) is 0 Å². The van der Waals surface area contributed by atoms with Gasteiger partial charge in [0.15, 0.2) is 0 Å². The number of rotatable bonds is 4. The lowest BCUT2D eigenvalue weighted by molar-refractivity contribution is -0.115. The summed E-state index contributed by atoms with van der Waals surface area (Å²) in [6.45, 7) is 0. The maximum atomic E-state index is 11.7. The minimum atomic E-state index is -0.955. The summed E-state index contributed by atoms with van der Waals surface area (Å²) in [5.41, 5.74) is 1.12. The van der Waals surface area contributed by atoms with Crippen LogP contribution in [-0.4, -0.2) is 21.3 Å². The summed E-state index contributed by atoms with van der Waals surface area (Å²) in [5, 5.41) is 11.8. The number of carboxylic acid groups (broad SMARTS) is 1. The number of nitrogens with one attached hydrogen (secondary N) is 1. The number of carboxylic acids is 1. The Morgan fingerprint density at radius 3 is 2.71 bits per heavy atom. The molecule has 0 atom stereocenters. The summed E-state index contributed by atoms with van der Waals surface area (Å²) >= 11 is 7.58. The third kappa shape index (κ3) is 3.87. The lowest BCUT2D eigenvalue weighted by Gasteiger charge is -2.06. The van der Waals surface area contributed by atoms with Gasteiger partial charge in [0.2, 0.25) is 0 Å². The van der Waals surface area contributed by atoms with Crippen molar-refractivity contribution in [1.29, 1.82) is 0 Å². The molecule has 1 aliphatic rings. The van der Waals surface area contributed by atoms with Gasteiger partial charge in [0.1, 0.15) is 4.32 Å². The lowest BCUT2D eigenvalue weighted by Crippen LogP contribution is -2.17. The molecule has 2 aromatic carbocycles. The molecule has 120 valence electrons. The van der Waals surface area contributed by atoms with Gasteiger partial charge in [-0.1, -0.05) is 60.0 Å². The van der Waals surface area contributed by atoms with Gasteiger partial charge < -0.3 is 10.4 Å². The van der Waals surface area contributed by atoms with Crippen LogP contribution in [0.25, 0.3) is 6.08 Å². The highest BCUT2D eigenvalue weighted by Gasteiger charge is 2.21. The fraction of sp³-hybridized carbons (Fsp3) is 0. The number of thiocarbonyl (C=S) groups is 1. The van der Waals surface area contributed by atoms with Crippen LogP contribution in [0.2, 0.25) is 0 Å². The quantitative estimate of drug-likeness (QED) is 0.623. The van der Waals surface area contributed by atoms with Gasteiger partial charge in [-0.3, -0.25) is 4.79 Å². The van der Waals surface area contributed by atoms with E-state index in [1.54, 1.807) is 30.3 Å². The van der Waals surface area contributed by atoms with Crippen molar-refractivity contribution in [3.05, 3.63) is 64.6 Å². The minimum absolute atomic E-state index is 0.195. The van der Waals surface area contributed by atoms with E-state index in [4.69, 9.17) is 12.2 Å². The van der Waals surface area contributed by atoms with Crippen LogP contribution < -0.4 is 5.32 Å². The summed E-state index contributed by atoms with van der Waals surface area (Å²) in [7, 11) is 0. The smallest absolute Gasteiger partial charge is 0.336 e. The highest BCUT2D eigenvalue weighted by Crippen LogP contribution is 2.32. The summed E-state index contributed by atoms with van der Waals surface area (Å²) in [4.78, 5) is 25.1. The average molecular weight is 373 g/mol. The molecule has 0 radical (unpaired) electrons. The zero-order chi connectivity index (χ0) is 17.1. The Kier molecular flexibility index (Phi) is 5.03. The first-order valence-corrected chi connectivity index (χ1v) is 8.92. The molecule has 0 aromatic heterocycles. The Morgan fingerprint density at radius 2 is 2.00 bits per heavy atom. The van der Waals surface area contributed by atoms with Gasteiger partial charge in [0.05, 0.1) is 10.5 Å². The highest BCUT2D eigenvalue weighted by atomic mass is 32.2. The molecule has 1 saturated heterocycles. The average Bonchev–Trinajstić information content (AvgIpc) is 2.85. The van der Waals surface area contributed by atoms with Crippen molar-refractivity contribution in [3.8, 4) is 0 Å². The fourth-order valence-electron chi connectivity index (χ4n) is 2.10. The number of hydrogen-bond donors (Lipinski definition) is 2. The molecule has 0 bridgehead atoms. The van der Waals surface area contributed by atoms with Crippen molar-refractivity contribution < 1.29 is 14.7 Å². The van der Waals surface area contributed by atoms with E-state index < -0.39 is 5.97 Å². The van der Waals surface area contributed by atoms with E-state index in [-0.39, 0.29) is 11.5 Å². The van der Waals surface area contributed by atoms with Gasteiger partial charge >= 0.3 is 5.97 Å². The SMILES string of the molecule is O=C1NC(=S)SC1=Cc1cccc(Sc2ccccc2C(=O)O)c1. The number of carbonyl (C=O) groups excluding carboxylic acids is 1. The monoisotopic (exact) mass is 373 g/mol. The zero-order valence-corrected chi connectivity index (χ0v) is 14.6. The molecule has 1 aliphatic heterocycles. The molecule has 7 heteroatoms. The number of carbonyl (C=O) groups is 2. The van der Waals surface area contributed by atoms with Crippen LogP contribution >= 0.6 is 35.7 Å². The van der Waals surface area contributed by atoms with Crippen LogP contribution in [0.1, 0.15) is 15.9 Å². The minimum Gasteiger partial charge on any atom is -0.478 e. The summed E-state index contributed by atoms with van der Waals surface area (Å²) < 4.78 is 0.451. The molecular formula is C17H11NO3S3. The standard InChI is InChI=1S/C17H11NO3S3/c19-15-14(24-17(22)18-15)9-10-4-3-5-11(8-10)23-13-7-2-1-6-12(13)16(20)21/h1-9H,(H,20,21)(H,18,19,22). The van der Waals surface area contributed by atoms with E-state index in [0.29, 0.717) is 14.1 Å². The fourth-order valence-corrected chi connectivity index (χ4v) is 4.15. The maximum absolute atomic E-state index is 11.7. The molecule has 2 aromatic rings. The molecular weight excluding hydrogens is 362 g/mol. The number of hydrogen-bond acceptors (Lipinski definition) is 5. The van der Waals surface area contributed by atoms with Crippen molar-refractivity contribution in [1.82, 2.24) is 5.32 Å². The topological polar surface area (TPSA) is 66.4 Å². The Balaban J connectivity index is 1.87. The molecule has 1 fully saturated rings. The van der Waals surface area contributed by atoms with Crippen LogP contribution in [0.3, 0.4) is 0 Å². The van der Waals surface area contributed by atoms with Crippen molar-refractivity contribution in [2.75, 3.05) is 0 Å². The molecule has 1 amide bonds.